The Morgan fingerprint density at radius 3 is 2.43 bits per heavy atom. The molecule has 1 aromatic rings. The zero-order valence-corrected chi connectivity index (χ0v) is 13.2. The molecule has 3 N–H and O–H groups in total. The highest BCUT2D eigenvalue weighted by Gasteiger charge is 2.28. The van der Waals surface area contributed by atoms with Gasteiger partial charge in [-0.15, -0.1) is 0 Å². The summed E-state index contributed by atoms with van der Waals surface area (Å²) in [6, 6.07) is 9.14. The fraction of sp³-hybridized carbons (Fsp3) is 0.400. The number of likely N-dealkylation sites (N-methyl/N-ethyl adjacent to an activating group) is 1. The molecule has 0 heterocycles. The number of hydrogen-bond donors (Lipinski definition) is 2. The number of rotatable bonds is 7. The number of nitrogens with zero attached hydrogens (tertiary/aromatic N) is 1. The third kappa shape index (κ3) is 4.82. The van der Waals surface area contributed by atoms with E-state index in [1.165, 1.54) is 4.90 Å². The molecule has 0 saturated heterocycles. The van der Waals surface area contributed by atoms with Gasteiger partial charge in [-0.3, -0.25) is 9.59 Å². The van der Waals surface area contributed by atoms with Crippen molar-refractivity contribution in [2.24, 2.45) is 5.73 Å². The summed E-state index contributed by atoms with van der Waals surface area (Å²) in [6.07, 6.45) is 0.752. The van der Waals surface area contributed by atoms with E-state index in [4.69, 9.17) is 18.0 Å². The number of benzene rings is 1. The molecule has 6 heteroatoms. The Morgan fingerprint density at radius 2 is 1.95 bits per heavy atom. The summed E-state index contributed by atoms with van der Waals surface area (Å²) in [6.45, 7) is 2.44. The molecule has 0 aliphatic heterocycles. The van der Waals surface area contributed by atoms with E-state index in [-0.39, 0.29) is 23.3 Å². The van der Waals surface area contributed by atoms with Gasteiger partial charge in [-0.1, -0.05) is 49.5 Å². The average Bonchev–Trinajstić information content (AvgIpc) is 2.47. The molecule has 0 spiro atoms. The highest BCUT2D eigenvalue weighted by atomic mass is 32.1. The quantitative estimate of drug-likeness (QED) is 0.738. The SMILES string of the molecule is CCCN(CC(=O)NC)C(=O)C(C(N)=S)c1ccccc1. The van der Waals surface area contributed by atoms with Gasteiger partial charge in [0.2, 0.25) is 11.8 Å². The Bertz CT molecular complexity index is 505. The van der Waals surface area contributed by atoms with Crippen LogP contribution in [0.15, 0.2) is 30.3 Å². The lowest BCUT2D eigenvalue weighted by Crippen LogP contribution is -2.44. The summed E-state index contributed by atoms with van der Waals surface area (Å²) in [5.41, 5.74) is 6.49. The number of nitrogens with two attached hydrogens (primary N) is 1. The molecule has 1 aromatic carbocycles. The second kappa shape index (κ2) is 8.36. The number of hydrogen-bond acceptors (Lipinski definition) is 3. The first kappa shape index (κ1) is 17.1. The second-order valence-electron chi connectivity index (χ2n) is 4.68. The summed E-state index contributed by atoms with van der Waals surface area (Å²) in [5.74, 6) is -1.15. The predicted octanol–water partition coefficient (Wildman–Crippen LogP) is 1.04. The lowest BCUT2D eigenvalue weighted by Gasteiger charge is -2.26. The van der Waals surface area contributed by atoms with Crippen LogP contribution in [0.5, 0.6) is 0 Å². The van der Waals surface area contributed by atoms with Crippen molar-refractivity contribution >= 4 is 29.0 Å². The van der Waals surface area contributed by atoms with Crippen molar-refractivity contribution < 1.29 is 9.59 Å². The van der Waals surface area contributed by atoms with Gasteiger partial charge in [0.25, 0.3) is 0 Å². The van der Waals surface area contributed by atoms with Crippen LogP contribution in [0.25, 0.3) is 0 Å². The van der Waals surface area contributed by atoms with Gasteiger partial charge < -0.3 is 16.0 Å². The van der Waals surface area contributed by atoms with Gasteiger partial charge in [-0.25, -0.2) is 0 Å². The molecular weight excluding hydrogens is 286 g/mol. The third-order valence-corrected chi connectivity index (χ3v) is 3.32. The Kier molecular flexibility index (Phi) is 6.81. The Balaban J connectivity index is 3.02. The summed E-state index contributed by atoms with van der Waals surface area (Å²) >= 11 is 5.05. The average molecular weight is 307 g/mol. The first-order chi connectivity index (χ1) is 10.0. The zero-order chi connectivity index (χ0) is 15.8. The van der Waals surface area contributed by atoms with Crippen LogP contribution >= 0.6 is 12.2 Å². The van der Waals surface area contributed by atoms with E-state index in [2.05, 4.69) is 5.32 Å². The minimum Gasteiger partial charge on any atom is -0.392 e. The maximum absolute atomic E-state index is 12.7. The van der Waals surface area contributed by atoms with Crippen LogP contribution in [0.4, 0.5) is 0 Å². The Morgan fingerprint density at radius 1 is 1.33 bits per heavy atom. The van der Waals surface area contributed by atoms with E-state index in [1.807, 2.05) is 37.3 Å². The maximum Gasteiger partial charge on any atom is 0.239 e. The van der Waals surface area contributed by atoms with Crippen molar-refractivity contribution in [1.82, 2.24) is 10.2 Å². The minimum atomic E-state index is -0.697. The van der Waals surface area contributed by atoms with E-state index in [0.717, 1.165) is 12.0 Å². The molecule has 2 amide bonds. The van der Waals surface area contributed by atoms with Crippen LogP contribution in [0, 0.1) is 0 Å². The highest BCUT2D eigenvalue weighted by molar-refractivity contribution is 7.80. The van der Waals surface area contributed by atoms with Crippen molar-refractivity contribution in [3.05, 3.63) is 35.9 Å². The van der Waals surface area contributed by atoms with E-state index < -0.39 is 5.92 Å². The predicted molar refractivity (Wildman–Crippen MR) is 86.9 cm³/mol. The minimum absolute atomic E-state index is 0.00905. The van der Waals surface area contributed by atoms with E-state index in [9.17, 15) is 9.59 Å². The first-order valence-corrected chi connectivity index (χ1v) is 7.25. The van der Waals surface area contributed by atoms with Gasteiger partial charge in [0, 0.05) is 13.6 Å². The van der Waals surface area contributed by atoms with Gasteiger partial charge in [-0.2, -0.15) is 0 Å². The van der Waals surface area contributed by atoms with Crippen molar-refractivity contribution in [2.75, 3.05) is 20.1 Å². The molecule has 1 atom stereocenters. The normalized spacial score (nSPS) is 11.5. The van der Waals surface area contributed by atoms with Gasteiger partial charge in [0.15, 0.2) is 0 Å². The number of carbonyl (C=O) groups is 2. The largest absolute Gasteiger partial charge is 0.392 e. The van der Waals surface area contributed by atoms with Gasteiger partial charge >= 0.3 is 0 Å². The number of amides is 2. The Hall–Kier alpha value is -1.95. The maximum atomic E-state index is 12.7. The van der Waals surface area contributed by atoms with Gasteiger partial charge in [-0.05, 0) is 12.0 Å². The molecule has 114 valence electrons. The third-order valence-electron chi connectivity index (χ3n) is 3.08. The second-order valence-corrected chi connectivity index (χ2v) is 5.15. The van der Waals surface area contributed by atoms with Crippen LogP contribution in [0.1, 0.15) is 24.8 Å². The van der Waals surface area contributed by atoms with Gasteiger partial charge in [0.1, 0.15) is 5.92 Å². The molecular formula is C15H21N3O2S. The number of nitrogens with one attached hydrogen (secondary N) is 1. The highest BCUT2D eigenvalue weighted by Crippen LogP contribution is 2.19. The number of thiocarbonyl (C=S) groups is 1. The fourth-order valence-electron chi connectivity index (χ4n) is 2.05. The van der Waals surface area contributed by atoms with Gasteiger partial charge in [0.05, 0.1) is 11.5 Å². The van der Waals surface area contributed by atoms with E-state index in [0.29, 0.717) is 6.54 Å². The van der Waals surface area contributed by atoms with Crippen LogP contribution in [-0.4, -0.2) is 41.8 Å². The molecule has 0 saturated carbocycles. The standard InChI is InChI=1S/C15H21N3O2S/c1-3-9-18(10-12(19)17-2)15(20)13(14(16)21)11-7-5-4-6-8-11/h4-8,13H,3,9-10H2,1-2H3,(H2,16,21)(H,17,19). The molecule has 0 aliphatic rings. The molecule has 1 unspecified atom stereocenters. The molecule has 0 fully saturated rings. The summed E-state index contributed by atoms with van der Waals surface area (Å²) in [5, 5.41) is 2.52. The topological polar surface area (TPSA) is 75.4 Å². The van der Waals surface area contributed by atoms with Crippen molar-refractivity contribution in [3.8, 4) is 0 Å². The van der Waals surface area contributed by atoms with Crippen molar-refractivity contribution in [1.29, 1.82) is 0 Å². The smallest absolute Gasteiger partial charge is 0.239 e. The molecule has 1 rings (SSSR count). The van der Waals surface area contributed by atoms with E-state index >= 15 is 0 Å². The van der Waals surface area contributed by atoms with Crippen LogP contribution < -0.4 is 11.1 Å². The summed E-state index contributed by atoms with van der Waals surface area (Å²) < 4.78 is 0. The lowest BCUT2D eigenvalue weighted by molar-refractivity contribution is -0.136. The molecule has 21 heavy (non-hydrogen) atoms. The van der Waals surface area contributed by atoms with Crippen LogP contribution in [-0.2, 0) is 9.59 Å². The summed E-state index contributed by atoms with van der Waals surface area (Å²) in [4.78, 5) is 25.9. The first-order valence-electron chi connectivity index (χ1n) is 6.84. The Labute approximate surface area is 130 Å². The molecule has 5 nitrogen and oxygen atoms in total. The molecule has 0 bridgehead atoms. The van der Waals surface area contributed by atoms with Crippen LogP contribution in [0.3, 0.4) is 0 Å². The molecule has 0 radical (unpaired) electrons. The zero-order valence-electron chi connectivity index (χ0n) is 12.3. The van der Waals surface area contributed by atoms with E-state index in [1.54, 1.807) is 7.05 Å². The van der Waals surface area contributed by atoms with Crippen molar-refractivity contribution in [2.45, 2.75) is 19.3 Å². The summed E-state index contributed by atoms with van der Waals surface area (Å²) in [7, 11) is 1.54. The monoisotopic (exact) mass is 307 g/mol. The molecule has 0 aliphatic carbocycles. The molecule has 0 aromatic heterocycles. The van der Waals surface area contributed by atoms with Crippen molar-refractivity contribution in [3.63, 3.8) is 0 Å². The number of carbonyl (C=O) groups excluding carboxylic acids is 2. The lowest BCUT2D eigenvalue weighted by atomic mass is 9.97. The van der Waals surface area contributed by atoms with Crippen LogP contribution in [0.2, 0.25) is 0 Å². The fourth-order valence-corrected chi connectivity index (χ4v) is 2.28.